The van der Waals surface area contributed by atoms with Gasteiger partial charge >= 0.3 is 5.97 Å². The first kappa shape index (κ1) is 13.0. The van der Waals surface area contributed by atoms with Gasteiger partial charge in [-0.2, -0.15) is 0 Å². The second kappa shape index (κ2) is 4.70. The zero-order valence-electron chi connectivity index (χ0n) is 9.72. The number of hydrogen-bond donors (Lipinski definition) is 1. The molecule has 6 heteroatoms. The Bertz CT molecular complexity index is 505. The molecule has 5 nitrogen and oxygen atoms in total. The summed E-state index contributed by atoms with van der Waals surface area (Å²) in [7, 11) is 0. The summed E-state index contributed by atoms with van der Waals surface area (Å²) in [6, 6.07) is 7.18. The average molecular weight is 314 g/mol. The fourth-order valence-electron chi connectivity index (χ4n) is 1.75. The molecule has 1 N–H and O–H groups in total. The number of morpholine rings is 1. The van der Waals surface area contributed by atoms with Gasteiger partial charge in [0.15, 0.2) is 5.60 Å². The van der Waals surface area contributed by atoms with Crippen LogP contribution in [0, 0.1) is 0 Å². The Balaban J connectivity index is 2.35. The molecule has 0 bridgehead atoms. The number of aliphatic carboxylic acids is 1. The molecule has 1 aliphatic rings. The van der Waals surface area contributed by atoms with E-state index in [1.165, 1.54) is 11.8 Å². The van der Waals surface area contributed by atoms with Crippen LogP contribution in [0.3, 0.4) is 0 Å². The Morgan fingerprint density at radius 3 is 2.78 bits per heavy atom. The minimum Gasteiger partial charge on any atom is -0.479 e. The predicted molar refractivity (Wildman–Crippen MR) is 68.5 cm³/mol. The summed E-state index contributed by atoms with van der Waals surface area (Å²) in [5.41, 5.74) is -0.721. The lowest BCUT2D eigenvalue weighted by molar-refractivity contribution is -0.168. The maximum Gasteiger partial charge on any atom is 0.337 e. The van der Waals surface area contributed by atoms with Crippen molar-refractivity contribution in [2.24, 2.45) is 0 Å². The van der Waals surface area contributed by atoms with Gasteiger partial charge in [-0.3, -0.25) is 4.79 Å². The highest BCUT2D eigenvalue weighted by molar-refractivity contribution is 9.10. The number of para-hydroxylation sites is 1. The minimum atomic E-state index is -1.37. The van der Waals surface area contributed by atoms with Gasteiger partial charge in [-0.05, 0) is 35.0 Å². The Morgan fingerprint density at radius 2 is 2.17 bits per heavy atom. The van der Waals surface area contributed by atoms with Gasteiger partial charge in [0.1, 0.15) is 6.61 Å². The van der Waals surface area contributed by atoms with Crippen LogP contribution in [0.15, 0.2) is 28.7 Å². The summed E-state index contributed by atoms with van der Waals surface area (Å²) < 4.78 is 5.87. The standard InChI is InChI=1S/C12H12BrNO4/c1-12(11(16)17)7-14(10(15)6-18-12)9-5-3-2-4-8(9)13/h2-5H,6-7H2,1H3,(H,16,17). The highest BCUT2D eigenvalue weighted by Gasteiger charge is 2.43. The van der Waals surface area contributed by atoms with E-state index in [4.69, 9.17) is 9.84 Å². The molecular formula is C12H12BrNO4. The highest BCUT2D eigenvalue weighted by Crippen LogP contribution is 2.30. The Labute approximate surface area is 112 Å². The largest absolute Gasteiger partial charge is 0.479 e. The lowest BCUT2D eigenvalue weighted by Crippen LogP contribution is -2.57. The van der Waals surface area contributed by atoms with E-state index in [9.17, 15) is 9.59 Å². The minimum absolute atomic E-state index is 0.0101. The predicted octanol–water partition coefficient (Wildman–Crippen LogP) is 1.66. The zero-order chi connectivity index (χ0) is 13.3. The number of carbonyl (C=O) groups is 2. The summed E-state index contributed by atoms with van der Waals surface area (Å²) in [5, 5.41) is 9.14. The molecule has 0 aromatic heterocycles. The third kappa shape index (κ3) is 2.26. The van der Waals surface area contributed by atoms with Crippen molar-refractivity contribution in [1.82, 2.24) is 0 Å². The number of carboxylic acid groups (broad SMARTS) is 1. The fourth-order valence-corrected chi connectivity index (χ4v) is 2.25. The van der Waals surface area contributed by atoms with Gasteiger partial charge in [0.05, 0.1) is 12.2 Å². The van der Waals surface area contributed by atoms with Gasteiger partial charge in [0, 0.05) is 4.47 Å². The normalized spacial score (nSPS) is 24.1. The van der Waals surface area contributed by atoms with Crippen LogP contribution in [0.1, 0.15) is 6.92 Å². The van der Waals surface area contributed by atoms with Crippen molar-refractivity contribution < 1.29 is 19.4 Å². The average Bonchev–Trinajstić information content (AvgIpc) is 2.33. The first-order chi connectivity index (χ1) is 8.44. The molecule has 0 saturated carbocycles. The smallest absolute Gasteiger partial charge is 0.337 e. The lowest BCUT2D eigenvalue weighted by atomic mass is 10.0. The topological polar surface area (TPSA) is 66.8 Å². The quantitative estimate of drug-likeness (QED) is 0.901. The lowest BCUT2D eigenvalue weighted by Gasteiger charge is -2.37. The zero-order valence-corrected chi connectivity index (χ0v) is 11.3. The highest BCUT2D eigenvalue weighted by atomic mass is 79.9. The van der Waals surface area contributed by atoms with E-state index in [2.05, 4.69) is 15.9 Å². The third-order valence-electron chi connectivity index (χ3n) is 2.87. The second-order valence-electron chi connectivity index (χ2n) is 4.26. The maximum atomic E-state index is 11.8. The summed E-state index contributed by atoms with van der Waals surface area (Å²) in [6.07, 6.45) is 0. The molecule has 1 unspecified atom stereocenters. The van der Waals surface area contributed by atoms with Crippen LogP contribution in [-0.2, 0) is 14.3 Å². The second-order valence-corrected chi connectivity index (χ2v) is 5.11. The summed E-state index contributed by atoms with van der Waals surface area (Å²) in [4.78, 5) is 24.4. The number of nitrogens with zero attached hydrogens (tertiary/aromatic N) is 1. The number of ether oxygens (including phenoxy) is 1. The summed E-state index contributed by atoms with van der Waals surface area (Å²) in [5.74, 6) is -1.33. The molecule has 1 aromatic carbocycles. The molecule has 1 amide bonds. The molecule has 0 aliphatic carbocycles. The summed E-state index contributed by atoms with van der Waals surface area (Å²) >= 11 is 3.35. The van der Waals surface area contributed by atoms with Crippen molar-refractivity contribution in [3.63, 3.8) is 0 Å². The third-order valence-corrected chi connectivity index (χ3v) is 3.54. The molecule has 1 aromatic rings. The number of amides is 1. The Kier molecular flexibility index (Phi) is 3.41. The van der Waals surface area contributed by atoms with Crippen LogP contribution >= 0.6 is 15.9 Å². The van der Waals surface area contributed by atoms with E-state index in [0.29, 0.717) is 5.69 Å². The number of anilines is 1. The number of hydrogen-bond acceptors (Lipinski definition) is 3. The number of carboxylic acids is 1. The van der Waals surface area contributed by atoms with Crippen molar-refractivity contribution in [3.05, 3.63) is 28.7 Å². The molecule has 2 rings (SSSR count). The van der Waals surface area contributed by atoms with Gasteiger partial charge in [-0.25, -0.2) is 4.79 Å². The van der Waals surface area contributed by atoms with Crippen molar-refractivity contribution >= 4 is 33.5 Å². The molecule has 1 aliphatic heterocycles. The van der Waals surface area contributed by atoms with Gasteiger partial charge in [0.2, 0.25) is 0 Å². The maximum absolute atomic E-state index is 11.8. The van der Waals surface area contributed by atoms with Gasteiger partial charge in [-0.15, -0.1) is 0 Å². The van der Waals surface area contributed by atoms with E-state index in [1.54, 1.807) is 18.2 Å². The van der Waals surface area contributed by atoms with E-state index in [-0.39, 0.29) is 19.1 Å². The molecule has 18 heavy (non-hydrogen) atoms. The van der Waals surface area contributed by atoms with Crippen molar-refractivity contribution in [2.45, 2.75) is 12.5 Å². The van der Waals surface area contributed by atoms with E-state index in [0.717, 1.165) is 4.47 Å². The number of benzene rings is 1. The van der Waals surface area contributed by atoms with Crippen molar-refractivity contribution in [3.8, 4) is 0 Å². The number of carbonyl (C=O) groups excluding carboxylic acids is 1. The molecule has 1 heterocycles. The van der Waals surface area contributed by atoms with Crippen LogP contribution in [0.5, 0.6) is 0 Å². The Hall–Kier alpha value is -1.40. The van der Waals surface area contributed by atoms with Crippen LogP contribution in [0.25, 0.3) is 0 Å². The molecule has 0 spiro atoms. The molecule has 1 atom stereocenters. The molecule has 0 radical (unpaired) electrons. The molecule has 1 saturated heterocycles. The number of halogens is 1. The van der Waals surface area contributed by atoms with Crippen LogP contribution in [0.4, 0.5) is 5.69 Å². The first-order valence-electron chi connectivity index (χ1n) is 5.36. The van der Waals surface area contributed by atoms with Gasteiger partial charge in [-0.1, -0.05) is 12.1 Å². The molecule has 1 fully saturated rings. The Morgan fingerprint density at radius 1 is 1.50 bits per heavy atom. The van der Waals surface area contributed by atoms with Crippen molar-refractivity contribution in [1.29, 1.82) is 0 Å². The van der Waals surface area contributed by atoms with Crippen LogP contribution in [-0.4, -0.2) is 35.7 Å². The van der Waals surface area contributed by atoms with E-state index >= 15 is 0 Å². The van der Waals surface area contributed by atoms with Gasteiger partial charge < -0.3 is 14.7 Å². The van der Waals surface area contributed by atoms with Crippen molar-refractivity contribution in [2.75, 3.05) is 18.1 Å². The van der Waals surface area contributed by atoms with Crippen LogP contribution in [0.2, 0.25) is 0 Å². The number of rotatable bonds is 2. The summed E-state index contributed by atoms with van der Waals surface area (Å²) in [6.45, 7) is 1.22. The van der Waals surface area contributed by atoms with Crippen LogP contribution < -0.4 is 4.90 Å². The molecular weight excluding hydrogens is 302 g/mol. The monoisotopic (exact) mass is 313 g/mol. The van der Waals surface area contributed by atoms with E-state index < -0.39 is 11.6 Å². The SMILES string of the molecule is CC1(C(=O)O)CN(c2ccccc2Br)C(=O)CO1. The van der Waals surface area contributed by atoms with E-state index in [1.807, 2.05) is 6.07 Å². The fraction of sp³-hybridized carbons (Fsp3) is 0.333. The van der Waals surface area contributed by atoms with Gasteiger partial charge in [0.25, 0.3) is 5.91 Å². The molecule has 96 valence electrons. The first-order valence-corrected chi connectivity index (χ1v) is 6.15.